The standard InChI is InChI=1S/C12H15NO4/c1-17-9-4-2-8(3-5-9)6-10-11(14)7-13(10)12(15)16/h2-5,10-11,14H,6-7H2,1H3,(H,15,16). The third-order valence-corrected chi connectivity index (χ3v) is 3.08. The number of likely N-dealkylation sites (tertiary alicyclic amines) is 1. The monoisotopic (exact) mass is 237 g/mol. The summed E-state index contributed by atoms with van der Waals surface area (Å²) >= 11 is 0. The Balaban J connectivity index is 2.02. The molecule has 2 rings (SSSR count). The number of ether oxygens (including phenoxy) is 1. The Labute approximate surface area is 99.2 Å². The summed E-state index contributed by atoms with van der Waals surface area (Å²) in [5.74, 6) is 0.762. The minimum atomic E-state index is -0.978. The molecule has 2 atom stereocenters. The van der Waals surface area contributed by atoms with Crippen molar-refractivity contribution in [2.75, 3.05) is 13.7 Å². The van der Waals surface area contributed by atoms with Gasteiger partial charge in [-0.15, -0.1) is 0 Å². The molecule has 0 aliphatic carbocycles. The van der Waals surface area contributed by atoms with Crippen LogP contribution in [0.1, 0.15) is 5.56 Å². The number of nitrogens with zero attached hydrogens (tertiary/aromatic N) is 1. The van der Waals surface area contributed by atoms with Gasteiger partial charge in [0.05, 0.1) is 25.8 Å². The number of carbonyl (C=O) groups is 1. The van der Waals surface area contributed by atoms with E-state index < -0.39 is 12.2 Å². The second kappa shape index (κ2) is 4.63. The zero-order valence-corrected chi connectivity index (χ0v) is 9.54. The molecule has 5 nitrogen and oxygen atoms in total. The van der Waals surface area contributed by atoms with E-state index in [0.717, 1.165) is 11.3 Å². The summed E-state index contributed by atoms with van der Waals surface area (Å²) in [5, 5.41) is 18.4. The molecule has 1 aromatic rings. The van der Waals surface area contributed by atoms with Crippen LogP contribution in [0.25, 0.3) is 0 Å². The van der Waals surface area contributed by atoms with Crippen molar-refractivity contribution in [3.63, 3.8) is 0 Å². The van der Waals surface area contributed by atoms with Gasteiger partial charge < -0.3 is 14.9 Å². The molecule has 2 N–H and O–H groups in total. The van der Waals surface area contributed by atoms with E-state index in [0.29, 0.717) is 6.42 Å². The van der Waals surface area contributed by atoms with Gasteiger partial charge in [0.15, 0.2) is 0 Å². The number of aliphatic hydroxyl groups is 1. The van der Waals surface area contributed by atoms with E-state index >= 15 is 0 Å². The summed E-state index contributed by atoms with van der Waals surface area (Å²) < 4.78 is 5.04. The second-order valence-electron chi connectivity index (χ2n) is 4.12. The van der Waals surface area contributed by atoms with Crippen LogP contribution in [0.2, 0.25) is 0 Å². The number of rotatable bonds is 3. The highest BCUT2D eigenvalue weighted by Crippen LogP contribution is 2.23. The Morgan fingerprint density at radius 1 is 1.47 bits per heavy atom. The predicted molar refractivity (Wildman–Crippen MR) is 61.2 cm³/mol. The second-order valence-corrected chi connectivity index (χ2v) is 4.12. The highest BCUT2D eigenvalue weighted by molar-refractivity contribution is 5.67. The minimum Gasteiger partial charge on any atom is -0.497 e. The fourth-order valence-corrected chi connectivity index (χ4v) is 2.00. The van der Waals surface area contributed by atoms with Crippen molar-refractivity contribution in [2.24, 2.45) is 0 Å². The Kier molecular flexibility index (Phi) is 3.19. The van der Waals surface area contributed by atoms with Gasteiger partial charge in [-0.2, -0.15) is 0 Å². The van der Waals surface area contributed by atoms with Crippen LogP contribution in [-0.4, -0.2) is 47.0 Å². The molecule has 0 bridgehead atoms. The average Bonchev–Trinajstić information content (AvgIpc) is 2.33. The number of benzene rings is 1. The van der Waals surface area contributed by atoms with Gasteiger partial charge in [0, 0.05) is 0 Å². The predicted octanol–water partition coefficient (Wildman–Crippen LogP) is 0.961. The third kappa shape index (κ3) is 2.34. The van der Waals surface area contributed by atoms with Gasteiger partial charge >= 0.3 is 6.09 Å². The molecule has 1 aliphatic heterocycles. The van der Waals surface area contributed by atoms with Crippen LogP contribution < -0.4 is 4.74 Å². The van der Waals surface area contributed by atoms with Crippen molar-refractivity contribution < 1.29 is 19.7 Å². The summed E-state index contributed by atoms with van der Waals surface area (Å²) in [6.45, 7) is 0.205. The minimum absolute atomic E-state index is 0.205. The normalized spacial score (nSPS) is 23.1. The molecule has 1 fully saturated rings. The lowest BCUT2D eigenvalue weighted by atomic mass is 9.93. The number of methoxy groups -OCH3 is 1. The highest BCUT2D eigenvalue weighted by atomic mass is 16.5. The molecule has 1 amide bonds. The highest BCUT2D eigenvalue weighted by Gasteiger charge is 2.40. The van der Waals surface area contributed by atoms with E-state index in [-0.39, 0.29) is 12.6 Å². The van der Waals surface area contributed by atoms with E-state index in [1.54, 1.807) is 7.11 Å². The van der Waals surface area contributed by atoms with Crippen LogP contribution in [0, 0.1) is 0 Å². The number of hydrogen-bond acceptors (Lipinski definition) is 3. The Morgan fingerprint density at radius 3 is 2.59 bits per heavy atom. The van der Waals surface area contributed by atoms with Crippen LogP contribution in [0.3, 0.4) is 0 Å². The molecule has 0 radical (unpaired) electrons. The summed E-state index contributed by atoms with van der Waals surface area (Å²) in [5.41, 5.74) is 0.987. The molecule has 92 valence electrons. The van der Waals surface area contributed by atoms with Crippen molar-refractivity contribution >= 4 is 6.09 Å². The number of amides is 1. The SMILES string of the molecule is COc1ccc(CC2C(O)CN2C(=O)O)cc1. The van der Waals surface area contributed by atoms with E-state index in [4.69, 9.17) is 9.84 Å². The molecule has 0 aromatic heterocycles. The lowest BCUT2D eigenvalue weighted by Gasteiger charge is -2.43. The van der Waals surface area contributed by atoms with E-state index in [9.17, 15) is 9.90 Å². The van der Waals surface area contributed by atoms with Crippen molar-refractivity contribution in [1.29, 1.82) is 0 Å². The first kappa shape index (κ1) is 11.7. The molecule has 5 heteroatoms. The zero-order chi connectivity index (χ0) is 12.4. The van der Waals surface area contributed by atoms with Crippen molar-refractivity contribution in [3.05, 3.63) is 29.8 Å². The van der Waals surface area contributed by atoms with Crippen molar-refractivity contribution in [2.45, 2.75) is 18.6 Å². The maximum absolute atomic E-state index is 10.8. The number of hydrogen-bond donors (Lipinski definition) is 2. The van der Waals surface area contributed by atoms with Crippen molar-refractivity contribution in [1.82, 2.24) is 4.90 Å². The van der Waals surface area contributed by atoms with Gasteiger partial charge in [-0.25, -0.2) is 4.79 Å². The summed E-state index contributed by atoms with van der Waals surface area (Å²) in [7, 11) is 1.59. The first-order chi connectivity index (χ1) is 8.11. The molecule has 1 aromatic carbocycles. The number of aliphatic hydroxyl groups excluding tert-OH is 1. The quantitative estimate of drug-likeness (QED) is 0.821. The summed E-state index contributed by atoms with van der Waals surface area (Å²) in [4.78, 5) is 12.1. The zero-order valence-electron chi connectivity index (χ0n) is 9.54. The van der Waals surface area contributed by atoms with Gasteiger partial charge in [0.1, 0.15) is 5.75 Å². The lowest BCUT2D eigenvalue weighted by molar-refractivity contribution is -0.0456. The Morgan fingerprint density at radius 2 is 2.12 bits per heavy atom. The maximum Gasteiger partial charge on any atom is 0.407 e. The van der Waals surface area contributed by atoms with Gasteiger partial charge in [0.2, 0.25) is 0 Å². The van der Waals surface area contributed by atoms with E-state index in [1.807, 2.05) is 24.3 Å². The van der Waals surface area contributed by atoms with Gasteiger partial charge in [-0.05, 0) is 24.1 Å². The first-order valence-corrected chi connectivity index (χ1v) is 5.42. The Bertz CT molecular complexity index is 403. The smallest absolute Gasteiger partial charge is 0.407 e. The van der Waals surface area contributed by atoms with Crippen LogP contribution in [0.5, 0.6) is 5.75 Å². The number of carboxylic acid groups (broad SMARTS) is 1. The first-order valence-electron chi connectivity index (χ1n) is 5.42. The molecule has 1 heterocycles. The van der Waals surface area contributed by atoms with Crippen LogP contribution in [-0.2, 0) is 6.42 Å². The molecule has 2 unspecified atom stereocenters. The van der Waals surface area contributed by atoms with Crippen LogP contribution in [0.15, 0.2) is 24.3 Å². The molecule has 0 saturated carbocycles. The summed E-state index contributed by atoms with van der Waals surface area (Å²) in [6.07, 6.45) is -1.01. The molecule has 17 heavy (non-hydrogen) atoms. The van der Waals surface area contributed by atoms with Crippen LogP contribution in [0.4, 0.5) is 4.79 Å². The largest absolute Gasteiger partial charge is 0.497 e. The van der Waals surface area contributed by atoms with E-state index in [2.05, 4.69) is 0 Å². The van der Waals surface area contributed by atoms with E-state index in [1.165, 1.54) is 4.90 Å². The van der Waals surface area contributed by atoms with Gasteiger partial charge in [-0.1, -0.05) is 12.1 Å². The summed E-state index contributed by atoms with van der Waals surface area (Å²) in [6, 6.07) is 7.08. The fourth-order valence-electron chi connectivity index (χ4n) is 2.00. The lowest BCUT2D eigenvalue weighted by Crippen LogP contribution is -2.62. The topological polar surface area (TPSA) is 70.0 Å². The Hall–Kier alpha value is -1.75. The molecular weight excluding hydrogens is 222 g/mol. The fraction of sp³-hybridized carbons (Fsp3) is 0.417. The number of β-amino-alcohol motifs (C(OH)–C–C–N with tert-alkyl or cyclic N) is 1. The van der Waals surface area contributed by atoms with Gasteiger partial charge in [-0.3, -0.25) is 4.90 Å². The van der Waals surface area contributed by atoms with Crippen molar-refractivity contribution in [3.8, 4) is 5.75 Å². The molecule has 1 aliphatic rings. The third-order valence-electron chi connectivity index (χ3n) is 3.08. The average molecular weight is 237 g/mol. The maximum atomic E-state index is 10.8. The molecular formula is C12H15NO4. The van der Waals surface area contributed by atoms with Gasteiger partial charge in [0.25, 0.3) is 0 Å². The molecule has 1 saturated heterocycles. The van der Waals surface area contributed by atoms with Crippen LogP contribution >= 0.6 is 0 Å². The molecule has 0 spiro atoms.